The fourth-order valence-corrected chi connectivity index (χ4v) is 2.16. The van der Waals surface area contributed by atoms with Crippen molar-refractivity contribution in [2.75, 3.05) is 39.8 Å². The Morgan fingerprint density at radius 3 is 2.53 bits per heavy atom. The summed E-state index contributed by atoms with van der Waals surface area (Å²) >= 11 is 0. The first-order chi connectivity index (χ1) is 9.02. The Labute approximate surface area is 116 Å². The number of carbonyl (C=O) groups is 2. The molecule has 0 aromatic heterocycles. The summed E-state index contributed by atoms with van der Waals surface area (Å²) in [6.07, 6.45) is 3.23. The van der Waals surface area contributed by atoms with E-state index in [4.69, 9.17) is 0 Å². The molecule has 5 nitrogen and oxygen atoms in total. The molecule has 0 saturated carbocycles. The molecule has 1 fully saturated rings. The number of amides is 2. The van der Waals surface area contributed by atoms with Crippen molar-refractivity contribution in [3.05, 3.63) is 0 Å². The monoisotopic (exact) mass is 269 g/mol. The van der Waals surface area contributed by atoms with Gasteiger partial charge < -0.3 is 10.2 Å². The van der Waals surface area contributed by atoms with E-state index in [2.05, 4.69) is 17.1 Å². The third kappa shape index (κ3) is 6.05. The molecular formula is C14H27N3O2. The maximum Gasteiger partial charge on any atom is 0.239 e. The lowest BCUT2D eigenvalue weighted by atomic mass is 9.99. The lowest BCUT2D eigenvalue weighted by molar-refractivity contribution is -0.135. The Hall–Kier alpha value is -1.10. The van der Waals surface area contributed by atoms with Gasteiger partial charge >= 0.3 is 0 Å². The molecule has 0 radical (unpaired) electrons. The van der Waals surface area contributed by atoms with Gasteiger partial charge in [-0.2, -0.15) is 0 Å². The number of hydrogen-bond acceptors (Lipinski definition) is 3. The zero-order valence-electron chi connectivity index (χ0n) is 12.4. The quantitative estimate of drug-likeness (QED) is 0.772. The molecule has 0 atom stereocenters. The van der Waals surface area contributed by atoms with Crippen LogP contribution in [0.3, 0.4) is 0 Å². The first-order valence-electron chi connectivity index (χ1n) is 7.26. The van der Waals surface area contributed by atoms with Crippen molar-refractivity contribution in [1.82, 2.24) is 15.1 Å². The molecule has 1 rings (SSSR count). The molecule has 0 spiro atoms. The van der Waals surface area contributed by atoms with Gasteiger partial charge in [0.15, 0.2) is 0 Å². The van der Waals surface area contributed by atoms with Gasteiger partial charge in [-0.3, -0.25) is 14.5 Å². The number of likely N-dealkylation sites (N-methyl/N-ethyl adjacent to an activating group) is 1. The standard InChI is InChI=1S/C14H27N3O2/c1-4-7-15-13(18)10-16(3)14(19)11-17-8-5-12(2)6-9-17/h12H,4-11H2,1-3H3,(H,15,18). The molecule has 0 bridgehead atoms. The predicted molar refractivity (Wildman–Crippen MR) is 75.8 cm³/mol. The van der Waals surface area contributed by atoms with Crippen LogP contribution < -0.4 is 5.32 Å². The highest BCUT2D eigenvalue weighted by atomic mass is 16.2. The number of rotatable bonds is 6. The van der Waals surface area contributed by atoms with E-state index in [-0.39, 0.29) is 18.4 Å². The van der Waals surface area contributed by atoms with Gasteiger partial charge in [-0.15, -0.1) is 0 Å². The fourth-order valence-electron chi connectivity index (χ4n) is 2.16. The Balaban J connectivity index is 2.26. The third-order valence-corrected chi connectivity index (χ3v) is 3.61. The molecule has 1 heterocycles. The summed E-state index contributed by atoms with van der Waals surface area (Å²) in [5.41, 5.74) is 0. The average molecular weight is 269 g/mol. The van der Waals surface area contributed by atoms with E-state index < -0.39 is 0 Å². The van der Waals surface area contributed by atoms with Gasteiger partial charge in [0.1, 0.15) is 0 Å². The molecule has 1 aliphatic heterocycles. The van der Waals surface area contributed by atoms with Crippen LogP contribution in [-0.2, 0) is 9.59 Å². The highest BCUT2D eigenvalue weighted by molar-refractivity contribution is 5.85. The molecule has 2 amide bonds. The first kappa shape index (κ1) is 16.0. The normalized spacial score (nSPS) is 17.2. The summed E-state index contributed by atoms with van der Waals surface area (Å²) in [6.45, 7) is 7.50. The highest BCUT2D eigenvalue weighted by Crippen LogP contribution is 2.15. The van der Waals surface area contributed by atoms with Gasteiger partial charge in [-0.25, -0.2) is 0 Å². The molecule has 1 saturated heterocycles. The molecule has 0 aromatic carbocycles. The van der Waals surface area contributed by atoms with E-state index in [1.165, 1.54) is 4.90 Å². The summed E-state index contributed by atoms with van der Waals surface area (Å²) in [7, 11) is 1.69. The second-order valence-corrected chi connectivity index (χ2v) is 5.56. The lowest BCUT2D eigenvalue weighted by Crippen LogP contribution is -2.45. The zero-order chi connectivity index (χ0) is 14.3. The minimum atomic E-state index is -0.0787. The Kier molecular flexibility index (Phi) is 6.84. The SMILES string of the molecule is CCCNC(=O)CN(C)C(=O)CN1CCC(C)CC1. The van der Waals surface area contributed by atoms with Gasteiger partial charge in [0.25, 0.3) is 0 Å². The van der Waals surface area contributed by atoms with Crippen LogP contribution in [0.15, 0.2) is 0 Å². The number of nitrogens with zero attached hydrogens (tertiary/aromatic N) is 2. The topological polar surface area (TPSA) is 52.7 Å². The minimum Gasteiger partial charge on any atom is -0.355 e. The molecule has 0 aromatic rings. The summed E-state index contributed by atoms with van der Waals surface area (Å²) < 4.78 is 0. The first-order valence-corrected chi connectivity index (χ1v) is 7.26. The Morgan fingerprint density at radius 2 is 1.95 bits per heavy atom. The van der Waals surface area contributed by atoms with Gasteiger partial charge in [0.2, 0.25) is 11.8 Å². The van der Waals surface area contributed by atoms with Gasteiger partial charge in [0.05, 0.1) is 13.1 Å². The zero-order valence-corrected chi connectivity index (χ0v) is 12.4. The molecule has 5 heteroatoms. The van der Waals surface area contributed by atoms with Crippen molar-refractivity contribution in [3.8, 4) is 0 Å². The van der Waals surface area contributed by atoms with Crippen LogP contribution in [0.4, 0.5) is 0 Å². The smallest absolute Gasteiger partial charge is 0.239 e. The number of carbonyl (C=O) groups excluding carboxylic acids is 2. The highest BCUT2D eigenvalue weighted by Gasteiger charge is 2.20. The summed E-state index contributed by atoms with van der Waals surface area (Å²) in [4.78, 5) is 27.2. The van der Waals surface area contributed by atoms with Crippen LogP contribution in [0.5, 0.6) is 0 Å². The van der Waals surface area contributed by atoms with Crippen molar-refractivity contribution >= 4 is 11.8 Å². The minimum absolute atomic E-state index is 0.0289. The largest absolute Gasteiger partial charge is 0.355 e. The number of nitrogens with one attached hydrogen (secondary N) is 1. The predicted octanol–water partition coefficient (Wildman–Crippen LogP) is 0.703. The number of hydrogen-bond donors (Lipinski definition) is 1. The second kappa shape index (κ2) is 8.15. The van der Waals surface area contributed by atoms with E-state index in [1.807, 2.05) is 6.92 Å². The molecular weight excluding hydrogens is 242 g/mol. The maximum absolute atomic E-state index is 12.0. The number of piperidine rings is 1. The lowest BCUT2D eigenvalue weighted by Gasteiger charge is -2.30. The molecule has 0 unspecified atom stereocenters. The molecule has 1 aliphatic rings. The van der Waals surface area contributed by atoms with Crippen molar-refractivity contribution in [3.63, 3.8) is 0 Å². The Morgan fingerprint density at radius 1 is 1.32 bits per heavy atom. The second-order valence-electron chi connectivity index (χ2n) is 5.56. The summed E-state index contributed by atoms with van der Waals surface area (Å²) in [5.74, 6) is 0.718. The van der Waals surface area contributed by atoms with E-state index in [0.717, 1.165) is 38.3 Å². The van der Waals surface area contributed by atoms with Crippen molar-refractivity contribution in [2.24, 2.45) is 5.92 Å². The van der Waals surface area contributed by atoms with Crippen LogP contribution in [0.25, 0.3) is 0 Å². The molecule has 1 N–H and O–H groups in total. The average Bonchev–Trinajstić information content (AvgIpc) is 2.39. The van der Waals surface area contributed by atoms with Gasteiger partial charge in [0, 0.05) is 13.6 Å². The van der Waals surface area contributed by atoms with Crippen LogP contribution in [0.2, 0.25) is 0 Å². The van der Waals surface area contributed by atoms with Crippen LogP contribution >= 0.6 is 0 Å². The Bertz CT molecular complexity index is 299. The van der Waals surface area contributed by atoms with E-state index in [0.29, 0.717) is 13.1 Å². The fraction of sp³-hybridized carbons (Fsp3) is 0.857. The van der Waals surface area contributed by atoms with Crippen LogP contribution in [0.1, 0.15) is 33.1 Å². The van der Waals surface area contributed by atoms with Gasteiger partial charge in [-0.1, -0.05) is 13.8 Å². The summed E-state index contributed by atoms with van der Waals surface area (Å²) in [6, 6.07) is 0. The summed E-state index contributed by atoms with van der Waals surface area (Å²) in [5, 5.41) is 2.78. The number of likely N-dealkylation sites (tertiary alicyclic amines) is 1. The maximum atomic E-state index is 12.0. The van der Waals surface area contributed by atoms with E-state index in [1.54, 1.807) is 7.05 Å². The van der Waals surface area contributed by atoms with Crippen molar-refractivity contribution in [2.45, 2.75) is 33.1 Å². The van der Waals surface area contributed by atoms with Crippen LogP contribution in [-0.4, -0.2) is 61.4 Å². The van der Waals surface area contributed by atoms with E-state index in [9.17, 15) is 9.59 Å². The molecule has 110 valence electrons. The molecule has 19 heavy (non-hydrogen) atoms. The van der Waals surface area contributed by atoms with Crippen molar-refractivity contribution in [1.29, 1.82) is 0 Å². The third-order valence-electron chi connectivity index (χ3n) is 3.61. The molecule has 0 aliphatic carbocycles. The van der Waals surface area contributed by atoms with Gasteiger partial charge in [-0.05, 0) is 38.3 Å². The van der Waals surface area contributed by atoms with E-state index >= 15 is 0 Å². The van der Waals surface area contributed by atoms with Crippen LogP contribution in [0, 0.1) is 5.92 Å². The van der Waals surface area contributed by atoms with Crippen molar-refractivity contribution < 1.29 is 9.59 Å².